The normalized spacial score (nSPS) is 10.4. The van der Waals surface area contributed by atoms with Gasteiger partial charge in [0.2, 0.25) is 0 Å². The first kappa shape index (κ1) is 10.9. The monoisotopic (exact) mass is 241 g/mol. The third kappa shape index (κ3) is 2.16. The van der Waals surface area contributed by atoms with E-state index >= 15 is 0 Å². The van der Waals surface area contributed by atoms with Crippen molar-refractivity contribution in [3.05, 3.63) is 40.4 Å². The molecule has 0 aliphatic heterocycles. The molecule has 0 amide bonds. The summed E-state index contributed by atoms with van der Waals surface area (Å²) < 4.78 is 30.5. The lowest BCUT2D eigenvalue weighted by Gasteiger charge is -2.08. The van der Waals surface area contributed by atoms with E-state index in [1.165, 1.54) is 23.7 Å². The van der Waals surface area contributed by atoms with E-state index in [4.69, 9.17) is 0 Å². The second kappa shape index (κ2) is 4.52. The van der Waals surface area contributed by atoms with Crippen LogP contribution in [0.1, 0.15) is 11.3 Å². The van der Waals surface area contributed by atoms with Crippen molar-refractivity contribution in [2.24, 2.45) is 0 Å². The molecule has 0 radical (unpaired) electrons. The molecule has 6 heteroatoms. The van der Waals surface area contributed by atoms with E-state index < -0.39 is 11.6 Å². The molecule has 1 heterocycles. The Hall–Kier alpha value is -1.56. The lowest BCUT2D eigenvalue weighted by atomic mass is 10.2. The maximum Gasteiger partial charge on any atom is 0.152 e. The van der Waals surface area contributed by atoms with Crippen LogP contribution in [0.15, 0.2) is 17.5 Å². The van der Waals surface area contributed by atoms with E-state index in [1.54, 1.807) is 12.3 Å². The second-order valence-electron chi connectivity index (χ2n) is 3.30. The summed E-state index contributed by atoms with van der Waals surface area (Å²) in [6.07, 6.45) is 0. The van der Waals surface area contributed by atoms with Crippen LogP contribution < -0.4 is 5.32 Å². The van der Waals surface area contributed by atoms with Gasteiger partial charge in [0.15, 0.2) is 5.82 Å². The molecule has 1 aromatic heterocycles. The molecule has 1 N–H and O–H groups in total. The zero-order valence-corrected chi connectivity index (χ0v) is 9.31. The van der Waals surface area contributed by atoms with Crippen molar-refractivity contribution in [2.45, 2.75) is 13.5 Å². The van der Waals surface area contributed by atoms with Crippen molar-refractivity contribution >= 4 is 17.2 Å². The molecule has 0 saturated carbocycles. The first-order chi connectivity index (χ1) is 7.68. The quantitative estimate of drug-likeness (QED) is 0.897. The van der Waals surface area contributed by atoms with E-state index in [9.17, 15) is 8.78 Å². The summed E-state index contributed by atoms with van der Waals surface area (Å²) in [5, 5.41) is 8.17. The van der Waals surface area contributed by atoms with Crippen molar-refractivity contribution in [1.29, 1.82) is 0 Å². The zero-order valence-electron chi connectivity index (χ0n) is 8.50. The summed E-state index contributed by atoms with van der Waals surface area (Å²) >= 11 is 1.20. The Balaban J connectivity index is 2.18. The Kier molecular flexibility index (Phi) is 3.09. The van der Waals surface area contributed by atoms with Crippen molar-refractivity contribution < 1.29 is 8.78 Å². The first-order valence-electron chi connectivity index (χ1n) is 4.63. The van der Waals surface area contributed by atoms with Crippen LogP contribution in [0.2, 0.25) is 0 Å². The van der Waals surface area contributed by atoms with Crippen molar-refractivity contribution in [3.63, 3.8) is 0 Å². The number of hydrogen-bond acceptors (Lipinski definition) is 4. The summed E-state index contributed by atoms with van der Waals surface area (Å²) in [5.41, 5.74) is 0.943. The summed E-state index contributed by atoms with van der Waals surface area (Å²) in [4.78, 5) is 0. The fourth-order valence-electron chi connectivity index (χ4n) is 1.26. The molecule has 2 rings (SSSR count). The Morgan fingerprint density at radius 1 is 1.38 bits per heavy atom. The first-order valence-corrected chi connectivity index (χ1v) is 5.46. The van der Waals surface area contributed by atoms with Crippen LogP contribution in [0.5, 0.6) is 0 Å². The molecule has 84 valence electrons. The molecule has 3 nitrogen and oxygen atoms in total. The van der Waals surface area contributed by atoms with E-state index in [0.29, 0.717) is 11.3 Å². The predicted molar refractivity (Wildman–Crippen MR) is 58.3 cm³/mol. The SMILES string of the molecule is Cc1ccc(F)c(NCc2csnn2)c1F. The number of aromatic nitrogens is 2. The Bertz CT molecular complexity index is 485. The molecule has 0 spiro atoms. The highest BCUT2D eigenvalue weighted by atomic mass is 32.1. The van der Waals surface area contributed by atoms with Crippen molar-refractivity contribution in [2.75, 3.05) is 5.32 Å². The minimum atomic E-state index is -0.605. The van der Waals surface area contributed by atoms with Crippen molar-refractivity contribution in [3.8, 4) is 0 Å². The highest BCUT2D eigenvalue weighted by Gasteiger charge is 2.11. The molecule has 0 aliphatic carbocycles. The maximum absolute atomic E-state index is 13.6. The third-order valence-corrected chi connectivity index (χ3v) is 2.69. The molecular formula is C10H9F2N3S. The summed E-state index contributed by atoms with van der Waals surface area (Å²) in [7, 11) is 0. The van der Waals surface area contributed by atoms with Gasteiger partial charge in [0.1, 0.15) is 11.5 Å². The lowest BCUT2D eigenvalue weighted by Crippen LogP contribution is -2.05. The smallest absolute Gasteiger partial charge is 0.152 e. The third-order valence-electron chi connectivity index (χ3n) is 2.14. The largest absolute Gasteiger partial charge is 0.375 e. The van der Waals surface area contributed by atoms with Crippen LogP contribution in [0, 0.1) is 18.6 Å². The molecule has 0 saturated heterocycles. The molecule has 2 aromatic rings. The van der Waals surface area contributed by atoms with Crippen LogP contribution >= 0.6 is 11.5 Å². The Morgan fingerprint density at radius 3 is 2.88 bits per heavy atom. The van der Waals surface area contributed by atoms with Gasteiger partial charge in [0.05, 0.1) is 12.2 Å². The summed E-state index contributed by atoms with van der Waals surface area (Å²) in [5.74, 6) is -1.17. The van der Waals surface area contributed by atoms with Crippen LogP contribution in [-0.2, 0) is 6.54 Å². The fraction of sp³-hybridized carbons (Fsp3) is 0.200. The minimum absolute atomic E-state index is 0.118. The number of aryl methyl sites for hydroxylation is 1. The van der Waals surface area contributed by atoms with Gasteiger partial charge in [0.25, 0.3) is 0 Å². The minimum Gasteiger partial charge on any atom is -0.375 e. The van der Waals surface area contributed by atoms with Gasteiger partial charge in [0, 0.05) is 5.38 Å². The van der Waals surface area contributed by atoms with E-state index in [-0.39, 0.29) is 12.2 Å². The molecule has 1 aromatic carbocycles. The molecule has 0 bridgehead atoms. The molecular weight excluding hydrogens is 232 g/mol. The summed E-state index contributed by atoms with van der Waals surface area (Å²) in [6, 6.07) is 2.64. The number of halogens is 2. The van der Waals surface area contributed by atoms with Gasteiger partial charge in [-0.05, 0) is 30.1 Å². The van der Waals surface area contributed by atoms with Gasteiger partial charge in [-0.3, -0.25) is 0 Å². The number of anilines is 1. The van der Waals surface area contributed by atoms with Gasteiger partial charge in [-0.15, -0.1) is 5.10 Å². The number of nitrogens with one attached hydrogen (secondary N) is 1. The van der Waals surface area contributed by atoms with Crippen molar-refractivity contribution in [1.82, 2.24) is 9.59 Å². The summed E-state index contributed by atoms with van der Waals surface area (Å²) in [6.45, 7) is 1.85. The maximum atomic E-state index is 13.6. The van der Waals surface area contributed by atoms with Gasteiger partial charge < -0.3 is 5.32 Å². The fourth-order valence-corrected chi connectivity index (χ4v) is 1.71. The molecule has 16 heavy (non-hydrogen) atoms. The van der Waals surface area contributed by atoms with Gasteiger partial charge in [-0.1, -0.05) is 10.6 Å². The second-order valence-corrected chi connectivity index (χ2v) is 3.91. The topological polar surface area (TPSA) is 37.8 Å². The standard InChI is InChI=1S/C10H9F2N3S/c1-6-2-3-8(11)10(9(6)12)13-4-7-5-16-15-14-7/h2-3,5,13H,4H2,1H3. The molecule has 0 aliphatic rings. The molecule has 0 atom stereocenters. The number of hydrogen-bond donors (Lipinski definition) is 1. The molecule has 0 fully saturated rings. The number of benzene rings is 1. The van der Waals surface area contributed by atoms with Gasteiger partial charge in [-0.2, -0.15) is 0 Å². The molecule has 0 unspecified atom stereocenters. The zero-order chi connectivity index (χ0) is 11.5. The van der Waals surface area contributed by atoms with E-state index in [0.717, 1.165) is 0 Å². The highest BCUT2D eigenvalue weighted by Crippen LogP contribution is 2.22. The van der Waals surface area contributed by atoms with Gasteiger partial charge in [-0.25, -0.2) is 8.78 Å². The van der Waals surface area contributed by atoms with E-state index in [1.807, 2.05) is 0 Å². The van der Waals surface area contributed by atoms with Gasteiger partial charge >= 0.3 is 0 Å². The van der Waals surface area contributed by atoms with E-state index in [2.05, 4.69) is 14.9 Å². The van der Waals surface area contributed by atoms with Crippen LogP contribution in [0.25, 0.3) is 0 Å². The average molecular weight is 241 g/mol. The van der Waals surface area contributed by atoms with Crippen LogP contribution in [0.4, 0.5) is 14.5 Å². The van der Waals surface area contributed by atoms with Crippen LogP contribution in [0.3, 0.4) is 0 Å². The predicted octanol–water partition coefficient (Wildman–Crippen LogP) is 2.74. The highest BCUT2D eigenvalue weighted by molar-refractivity contribution is 7.03. The lowest BCUT2D eigenvalue weighted by molar-refractivity contribution is 0.582. The Labute approximate surface area is 95.3 Å². The average Bonchev–Trinajstić information content (AvgIpc) is 2.77. The Morgan fingerprint density at radius 2 is 2.19 bits per heavy atom. The number of nitrogens with zero attached hydrogens (tertiary/aromatic N) is 2. The van der Waals surface area contributed by atoms with Crippen LogP contribution in [-0.4, -0.2) is 9.59 Å². The number of rotatable bonds is 3.